The minimum absolute atomic E-state index is 0.251. The van der Waals surface area contributed by atoms with Crippen LogP contribution in [-0.2, 0) is 20.1 Å². The molecule has 3 rings (SSSR count). The highest BCUT2D eigenvalue weighted by molar-refractivity contribution is 5.93. The number of nitrogens with two attached hydrogens (primary N) is 1. The number of nitrogen functional groups attached to an aromatic ring is 1. The summed E-state index contributed by atoms with van der Waals surface area (Å²) in [6.45, 7) is 0. The van der Waals surface area contributed by atoms with Gasteiger partial charge in [0.25, 0.3) is 5.79 Å². The summed E-state index contributed by atoms with van der Waals surface area (Å²) in [6.07, 6.45) is 3.71. The molecule has 0 radical (unpaired) electrons. The SMILES string of the molecule is COC1(c2cccc(N)c2)OC(=O)C2=C1CCCC2. The summed E-state index contributed by atoms with van der Waals surface area (Å²) in [5, 5.41) is 0. The van der Waals surface area contributed by atoms with E-state index in [1.165, 1.54) is 0 Å². The van der Waals surface area contributed by atoms with Crippen LogP contribution in [0.25, 0.3) is 0 Å². The van der Waals surface area contributed by atoms with Crippen molar-refractivity contribution in [3.05, 3.63) is 41.0 Å². The molecule has 0 saturated heterocycles. The summed E-state index contributed by atoms with van der Waals surface area (Å²) in [5.74, 6) is -1.32. The van der Waals surface area contributed by atoms with Crippen LogP contribution in [0.5, 0.6) is 0 Å². The fraction of sp³-hybridized carbons (Fsp3) is 0.400. The van der Waals surface area contributed by atoms with Gasteiger partial charge in [-0.05, 0) is 37.8 Å². The van der Waals surface area contributed by atoms with Gasteiger partial charge in [0.1, 0.15) is 0 Å². The van der Waals surface area contributed by atoms with Gasteiger partial charge in [-0.15, -0.1) is 0 Å². The van der Waals surface area contributed by atoms with Crippen LogP contribution in [-0.4, -0.2) is 13.1 Å². The monoisotopic (exact) mass is 259 g/mol. The van der Waals surface area contributed by atoms with Gasteiger partial charge in [0.2, 0.25) is 0 Å². The van der Waals surface area contributed by atoms with Crippen LogP contribution in [0.15, 0.2) is 35.4 Å². The Kier molecular flexibility index (Phi) is 2.82. The van der Waals surface area contributed by atoms with Crippen molar-refractivity contribution in [3.63, 3.8) is 0 Å². The van der Waals surface area contributed by atoms with E-state index in [1.54, 1.807) is 19.2 Å². The average molecular weight is 259 g/mol. The van der Waals surface area contributed by atoms with E-state index >= 15 is 0 Å². The molecule has 0 spiro atoms. The molecule has 2 aliphatic rings. The van der Waals surface area contributed by atoms with Gasteiger partial charge in [-0.2, -0.15) is 0 Å². The van der Waals surface area contributed by atoms with E-state index in [0.29, 0.717) is 5.69 Å². The topological polar surface area (TPSA) is 61.6 Å². The highest BCUT2D eigenvalue weighted by Crippen LogP contribution is 2.47. The van der Waals surface area contributed by atoms with Crippen molar-refractivity contribution in [2.45, 2.75) is 31.5 Å². The number of rotatable bonds is 2. The Morgan fingerprint density at radius 3 is 2.84 bits per heavy atom. The minimum Gasteiger partial charge on any atom is -0.421 e. The van der Waals surface area contributed by atoms with Crippen LogP contribution in [0.3, 0.4) is 0 Å². The molecule has 19 heavy (non-hydrogen) atoms. The number of esters is 1. The first-order valence-electron chi connectivity index (χ1n) is 6.54. The highest BCUT2D eigenvalue weighted by atomic mass is 16.7. The van der Waals surface area contributed by atoms with Crippen LogP contribution in [0.2, 0.25) is 0 Å². The molecule has 0 amide bonds. The summed E-state index contributed by atoms with van der Waals surface area (Å²) in [7, 11) is 1.57. The first-order chi connectivity index (χ1) is 9.17. The normalized spacial score (nSPS) is 26.3. The van der Waals surface area contributed by atoms with Crippen LogP contribution in [0.1, 0.15) is 31.2 Å². The van der Waals surface area contributed by atoms with Gasteiger partial charge < -0.3 is 15.2 Å². The number of methoxy groups -OCH3 is 1. The van der Waals surface area contributed by atoms with Gasteiger partial charge in [0.15, 0.2) is 0 Å². The second kappa shape index (κ2) is 4.38. The smallest absolute Gasteiger partial charge is 0.337 e. The third-order valence-electron chi connectivity index (χ3n) is 3.90. The molecule has 0 saturated carbocycles. The Balaban J connectivity index is 2.14. The number of carbonyl (C=O) groups excluding carboxylic acids is 1. The molecule has 1 aliphatic heterocycles. The van der Waals surface area contributed by atoms with Gasteiger partial charge in [0, 0.05) is 29.5 Å². The van der Waals surface area contributed by atoms with E-state index in [9.17, 15) is 4.79 Å². The molecule has 1 aliphatic carbocycles. The maximum absolute atomic E-state index is 12.0. The maximum Gasteiger partial charge on any atom is 0.337 e. The number of hydrogen-bond acceptors (Lipinski definition) is 4. The van der Waals surface area contributed by atoms with Crippen molar-refractivity contribution in [2.24, 2.45) is 0 Å². The molecule has 4 nitrogen and oxygen atoms in total. The van der Waals surface area contributed by atoms with Crippen molar-refractivity contribution in [3.8, 4) is 0 Å². The van der Waals surface area contributed by atoms with Crippen molar-refractivity contribution in [1.29, 1.82) is 0 Å². The minimum atomic E-state index is -1.07. The van der Waals surface area contributed by atoms with E-state index in [0.717, 1.165) is 42.4 Å². The molecule has 0 fully saturated rings. The Hall–Kier alpha value is -1.81. The number of carbonyl (C=O) groups is 1. The Morgan fingerprint density at radius 1 is 1.32 bits per heavy atom. The second-order valence-corrected chi connectivity index (χ2v) is 5.00. The van der Waals surface area contributed by atoms with Gasteiger partial charge in [0.05, 0.1) is 0 Å². The summed E-state index contributed by atoms with van der Waals surface area (Å²) < 4.78 is 11.2. The molecule has 1 heterocycles. The lowest BCUT2D eigenvalue weighted by atomic mass is 9.85. The number of hydrogen-bond donors (Lipinski definition) is 1. The lowest BCUT2D eigenvalue weighted by Gasteiger charge is -2.30. The van der Waals surface area contributed by atoms with Crippen molar-refractivity contribution in [1.82, 2.24) is 0 Å². The van der Waals surface area contributed by atoms with Crippen LogP contribution in [0, 0.1) is 0 Å². The molecular formula is C15H17NO3. The third-order valence-corrected chi connectivity index (χ3v) is 3.90. The van der Waals surface area contributed by atoms with Crippen LogP contribution in [0.4, 0.5) is 5.69 Å². The van der Waals surface area contributed by atoms with Gasteiger partial charge in [-0.25, -0.2) is 4.79 Å². The number of anilines is 1. The van der Waals surface area contributed by atoms with E-state index in [1.807, 2.05) is 12.1 Å². The zero-order valence-electron chi connectivity index (χ0n) is 10.9. The third kappa shape index (κ3) is 1.75. The van der Waals surface area contributed by atoms with E-state index in [-0.39, 0.29) is 5.97 Å². The van der Waals surface area contributed by atoms with Gasteiger partial charge in [-0.3, -0.25) is 0 Å². The predicted molar refractivity (Wildman–Crippen MR) is 71.1 cm³/mol. The second-order valence-electron chi connectivity index (χ2n) is 5.00. The van der Waals surface area contributed by atoms with Crippen molar-refractivity contribution >= 4 is 11.7 Å². The molecule has 1 aromatic carbocycles. The van der Waals surface area contributed by atoms with E-state index in [4.69, 9.17) is 15.2 Å². The van der Waals surface area contributed by atoms with E-state index in [2.05, 4.69) is 0 Å². The Morgan fingerprint density at radius 2 is 2.11 bits per heavy atom. The lowest BCUT2D eigenvalue weighted by molar-refractivity contribution is -0.198. The summed E-state index contributed by atoms with van der Waals surface area (Å²) in [5.41, 5.74) is 9.01. The molecular weight excluding hydrogens is 242 g/mol. The molecule has 0 aromatic heterocycles. The number of benzene rings is 1. The number of ether oxygens (including phenoxy) is 2. The largest absolute Gasteiger partial charge is 0.421 e. The molecule has 1 aromatic rings. The fourth-order valence-corrected chi connectivity index (χ4v) is 3.01. The van der Waals surface area contributed by atoms with E-state index < -0.39 is 5.79 Å². The molecule has 1 unspecified atom stereocenters. The van der Waals surface area contributed by atoms with Crippen LogP contribution < -0.4 is 5.73 Å². The number of cyclic esters (lactones) is 1. The standard InChI is InChI=1S/C15H17NO3/c1-18-15(10-5-4-6-11(16)9-10)13-8-3-2-7-12(13)14(17)19-15/h4-6,9H,2-3,7-8,16H2,1H3. The molecule has 0 bridgehead atoms. The van der Waals surface area contributed by atoms with Crippen molar-refractivity contribution in [2.75, 3.05) is 12.8 Å². The molecule has 4 heteroatoms. The first-order valence-corrected chi connectivity index (χ1v) is 6.54. The fourth-order valence-electron chi connectivity index (χ4n) is 3.01. The molecule has 2 N–H and O–H groups in total. The van der Waals surface area contributed by atoms with Gasteiger partial charge in [-0.1, -0.05) is 12.1 Å². The predicted octanol–water partition coefficient (Wildman–Crippen LogP) is 2.50. The zero-order chi connectivity index (χ0) is 13.5. The summed E-state index contributed by atoms with van der Waals surface area (Å²) in [4.78, 5) is 12.0. The maximum atomic E-state index is 12.0. The average Bonchev–Trinajstić information content (AvgIpc) is 2.73. The zero-order valence-corrected chi connectivity index (χ0v) is 10.9. The van der Waals surface area contributed by atoms with Crippen LogP contribution >= 0.6 is 0 Å². The molecule has 1 atom stereocenters. The first kappa shape index (κ1) is 12.2. The summed E-state index contributed by atoms with van der Waals surface area (Å²) >= 11 is 0. The lowest BCUT2D eigenvalue weighted by Crippen LogP contribution is -2.32. The Bertz CT molecular complexity index is 564. The Labute approximate surface area is 112 Å². The quantitative estimate of drug-likeness (QED) is 0.654. The van der Waals surface area contributed by atoms with Gasteiger partial charge >= 0.3 is 5.97 Å². The summed E-state index contributed by atoms with van der Waals surface area (Å²) in [6, 6.07) is 7.35. The van der Waals surface area contributed by atoms with Crippen molar-refractivity contribution < 1.29 is 14.3 Å². The highest BCUT2D eigenvalue weighted by Gasteiger charge is 2.49. The molecule has 100 valence electrons.